The lowest BCUT2D eigenvalue weighted by Crippen LogP contribution is -2.54. The Morgan fingerprint density at radius 1 is 1.46 bits per heavy atom. The van der Waals surface area contributed by atoms with Gasteiger partial charge < -0.3 is 15.3 Å². The van der Waals surface area contributed by atoms with E-state index in [1.807, 2.05) is 25.1 Å². The van der Waals surface area contributed by atoms with Crippen LogP contribution in [0.4, 0.5) is 5.82 Å². The van der Waals surface area contributed by atoms with Crippen LogP contribution in [-0.4, -0.2) is 51.0 Å². The Hall–Kier alpha value is -2.41. The van der Waals surface area contributed by atoms with Crippen molar-refractivity contribution >= 4 is 11.7 Å². The van der Waals surface area contributed by atoms with Gasteiger partial charge in [-0.2, -0.15) is 5.10 Å². The average molecular weight is 329 g/mol. The number of nitrogens with zero attached hydrogens (tertiary/aromatic N) is 4. The number of rotatable bonds is 5. The lowest BCUT2D eigenvalue weighted by Gasteiger charge is -2.39. The molecule has 1 saturated heterocycles. The van der Waals surface area contributed by atoms with Crippen molar-refractivity contribution in [1.82, 2.24) is 20.1 Å². The molecule has 1 fully saturated rings. The third kappa shape index (κ3) is 3.73. The highest BCUT2D eigenvalue weighted by molar-refractivity contribution is 5.93. The summed E-state index contributed by atoms with van der Waals surface area (Å²) < 4.78 is 1.70. The van der Waals surface area contributed by atoms with Gasteiger partial charge in [-0.15, -0.1) is 0 Å². The van der Waals surface area contributed by atoms with E-state index >= 15 is 0 Å². The molecular weight excluding hydrogens is 306 g/mol. The Morgan fingerprint density at radius 2 is 2.33 bits per heavy atom. The van der Waals surface area contributed by atoms with E-state index in [-0.39, 0.29) is 12.5 Å². The monoisotopic (exact) mass is 329 g/mol. The number of aromatic nitrogens is 3. The van der Waals surface area contributed by atoms with Crippen LogP contribution in [0.1, 0.15) is 30.1 Å². The fourth-order valence-electron chi connectivity index (χ4n) is 2.99. The van der Waals surface area contributed by atoms with Crippen LogP contribution in [0, 0.1) is 0 Å². The zero-order chi connectivity index (χ0) is 17.0. The molecule has 0 saturated carbocycles. The summed E-state index contributed by atoms with van der Waals surface area (Å²) in [5.41, 5.74) is -0.440. The number of nitrogens with one attached hydrogen (secondary N) is 1. The molecule has 1 unspecified atom stereocenters. The molecular formula is C17H23N5O2. The number of anilines is 1. The summed E-state index contributed by atoms with van der Waals surface area (Å²) >= 11 is 0. The summed E-state index contributed by atoms with van der Waals surface area (Å²) in [5.74, 6) is 0.643. The van der Waals surface area contributed by atoms with Crippen LogP contribution < -0.4 is 10.2 Å². The van der Waals surface area contributed by atoms with E-state index in [9.17, 15) is 9.90 Å². The van der Waals surface area contributed by atoms with Crippen molar-refractivity contribution in [3.8, 4) is 0 Å². The molecule has 2 aromatic heterocycles. The summed E-state index contributed by atoms with van der Waals surface area (Å²) in [6, 6.07) is 5.74. The molecule has 2 aromatic rings. The van der Waals surface area contributed by atoms with Gasteiger partial charge in [0, 0.05) is 38.6 Å². The van der Waals surface area contributed by atoms with Gasteiger partial charge in [0.2, 0.25) is 0 Å². The van der Waals surface area contributed by atoms with E-state index in [2.05, 4.69) is 20.3 Å². The van der Waals surface area contributed by atoms with Crippen molar-refractivity contribution in [2.75, 3.05) is 24.5 Å². The van der Waals surface area contributed by atoms with Gasteiger partial charge in [0.15, 0.2) is 0 Å². The minimum Gasteiger partial charge on any atom is -0.386 e. The van der Waals surface area contributed by atoms with Crippen LogP contribution in [0.2, 0.25) is 0 Å². The molecule has 7 nitrogen and oxygen atoms in total. The first-order valence-corrected chi connectivity index (χ1v) is 8.29. The fraction of sp³-hybridized carbons (Fsp3) is 0.471. The molecule has 1 aliphatic rings. The molecule has 0 aliphatic carbocycles. The van der Waals surface area contributed by atoms with E-state index in [4.69, 9.17) is 0 Å². The highest BCUT2D eigenvalue weighted by Gasteiger charge is 2.34. The Labute approximate surface area is 141 Å². The number of piperidine rings is 1. The fourth-order valence-corrected chi connectivity index (χ4v) is 2.99. The first-order chi connectivity index (χ1) is 11.6. The number of hydrogen-bond donors (Lipinski definition) is 2. The smallest absolute Gasteiger partial charge is 0.254 e. The van der Waals surface area contributed by atoms with Crippen LogP contribution in [-0.2, 0) is 6.54 Å². The molecule has 7 heteroatoms. The third-order valence-corrected chi connectivity index (χ3v) is 4.33. The van der Waals surface area contributed by atoms with E-state index < -0.39 is 5.60 Å². The van der Waals surface area contributed by atoms with Gasteiger partial charge in [-0.05, 0) is 31.9 Å². The number of amides is 1. The maximum absolute atomic E-state index is 12.2. The van der Waals surface area contributed by atoms with Gasteiger partial charge in [0.05, 0.1) is 17.4 Å². The Balaban J connectivity index is 1.60. The van der Waals surface area contributed by atoms with Crippen molar-refractivity contribution < 1.29 is 9.90 Å². The number of aryl methyl sites for hydroxylation is 1. The van der Waals surface area contributed by atoms with Crippen molar-refractivity contribution in [3.63, 3.8) is 0 Å². The Morgan fingerprint density at radius 3 is 3.04 bits per heavy atom. The van der Waals surface area contributed by atoms with Crippen molar-refractivity contribution in [1.29, 1.82) is 0 Å². The lowest BCUT2D eigenvalue weighted by atomic mass is 9.92. The summed E-state index contributed by atoms with van der Waals surface area (Å²) in [6.45, 7) is 4.21. The highest BCUT2D eigenvalue weighted by Crippen LogP contribution is 2.24. The number of carbonyl (C=O) groups is 1. The third-order valence-electron chi connectivity index (χ3n) is 4.33. The first-order valence-electron chi connectivity index (χ1n) is 8.29. The molecule has 0 spiro atoms. The predicted molar refractivity (Wildman–Crippen MR) is 90.9 cm³/mol. The second kappa shape index (κ2) is 7.00. The number of carbonyl (C=O) groups excluding carboxylic acids is 1. The van der Waals surface area contributed by atoms with Gasteiger partial charge in [-0.3, -0.25) is 9.48 Å². The highest BCUT2D eigenvalue weighted by atomic mass is 16.3. The summed E-state index contributed by atoms with van der Waals surface area (Å²) in [7, 11) is 0. The van der Waals surface area contributed by atoms with Crippen LogP contribution >= 0.6 is 0 Å². The zero-order valence-corrected chi connectivity index (χ0v) is 13.9. The van der Waals surface area contributed by atoms with Crippen molar-refractivity contribution in [2.24, 2.45) is 0 Å². The normalized spacial score (nSPS) is 20.8. The van der Waals surface area contributed by atoms with E-state index in [0.29, 0.717) is 18.5 Å². The van der Waals surface area contributed by atoms with Gasteiger partial charge in [0.25, 0.3) is 5.91 Å². The summed E-state index contributed by atoms with van der Waals surface area (Å²) in [6.07, 6.45) is 6.52. The first kappa shape index (κ1) is 16.4. The number of β-amino-alcohol motifs (C(OH)–C–C–N with tert-alkyl or cyclic N) is 1. The molecule has 0 aromatic carbocycles. The Kier molecular flexibility index (Phi) is 4.80. The van der Waals surface area contributed by atoms with Crippen molar-refractivity contribution in [2.45, 2.75) is 31.9 Å². The maximum atomic E-state index is 12.2. The summed E-state index contributed by atoms with van der Waals surface area (Å²) in [5, 5.41) is 17.8. The number of pyridine rings is 1. The second-order valence-electron chi connectivity index (χ2n) is 6.20. The number of aliphatic hydroxyl groups is 1. The molecule has 0 radical (unpaired) electrons. The minimum absolute atomic E-state index is 0.210. The molecule has 3 heterocycles. The Bertz CT molecular complexity index is 687. The van der Waals surface area contributed by atoms with Gasteiger partial charge in [-0.1, -0.05) is 6.07 Å². The largest absolute Gasteiger partial charge is 0.386 e. The van der Waals surface area contributed by atoms with E-state index in [1.54, 1.807) is 23.3 Å². The zero-order valence-electron chi connectivity index (χ0n) is 13.9. The number of hydrogen-bond acceptors (Lipinski definition) is 5. The summed E-state index contributed by atoms with van der Waals surface area (Å²) in [4.78, 5) is 18.6. The molecule has 1 amide bonds. The van der Waals surface area contributed by atoms with Crippen LogP contribution in [0.25, 0.3) is 0 Å². The van der Waals surface area contributed by atoms with Crippen LogP contribution in [0.15, 0.2) is 36.8 Å². The van der Waals surface area contributed by atoms with E-state index in [0.717, 1.165) is 25.3 Å². The molecule has 1 aliphatic heterocycles. The quantitative estimate of drug-likeness (QED) is 0.857. The second-order valence-corrected chi connectivity index (χ2v) is 6.20. The molecule has 24 heavy (non-hydrogen) atoms. The molecule has 3 rings (SSSR count). The average Bonchev–Trinajstić information content (AvgIpc) is 3.10. The van der Waals surface area contributed by atoms with Gasteiger partial charge >= 0.3 is 0 Å². The van der Waals surface area contributed by atoms with E-state index in [1.165, 1.54) is 0 Å². The van der Waals surface area contributed by atoms with Crippen molar-refractivity contribution in [3.05, 3.63) is 42.4 Å². The molecule has 1 atom stereocenters. The lowest BCUT2D eigenvalue weighted by molar-refractivity contribution is 0.0254. The maximum Gasteiger partial charge on any atom is 0.254 e. The van der Waals surface area contributed by atoms with Gasteiger partial charge in [-0.25, -0.2) is 4.98 Å². The van der Waals surface area contributed by atoms with Crippen LogP contribution in [0.3, 0.4) is 0 Å². The van der Waals surface area contributed by atoms with Gasteiger partial charge in [0.1, 0.15) is 5.82 Å². The molecule has 0 bridgehead atoms. The SMILES string of the molecule is CCn1cc(C(=O)NCC2(O)CCCN(c3ccccn3)C2)cn1. The van der Waals surface area contributed by atoms with Crippen LogP contribution in [0.5, 0.6) is 0 Å². The minimum atomic E-state index is -0.952. The predicted octanol–water partition coefficient (Wildman–Crippen LogP) is 1.06. The molecule has 128 valence electrons. The molecule has 2 N–H and O–H groups in total. The standard InChI is InChI=1S/C17H23N5O2/c1-2-22-11-14(10-20-22)16(23)19-12-17(24)7-5-9-21(13-17)15-6-3-4-8-18-15/h3-4,6,8,10-11,24H,2,5,7,9,12-13H2,1H3,(H,19,23). The topological polar surface area (TPSA) is 83.3 Å².